The fourth-order valence-electron chi connectivity index (χ4n) is 2.97. The first kappa shape index (κ1) is 21.9. The molecule has 0 fully saturated rings. The number of carboxylic acids is 1. The van der Waals surface area contributed by atoms with Crippen LogP contribution in [-0.2, 0) is 11.2 Å². The first-order chi connectivity index (χ1) is 14.8. The number of benzene rings is 1. The number of nitrogens with one attached hydrogen (secondary N) is 3. The smallest absolute Gasteiger partial charge is 0.352 e. The van der Waals surface area contributed by atoms with E-state index in [1.165, 1.54) is 5.38 Å². The highest BCUT2D eigenvalue weighted by Crippen LogP contribution is 2.26. The number of nitrogens with two attached hydrogens (primary N) is 2. The van der Waals surface area contributed by atoms with Crippen LogP contribution >= 0.6 is 11.3 Å². The maximum Gasteiger partial charge on any atom is 0.352 e. The number of thiazole rings is 1. The number of carbonyl (C=O) groups is 4. The molecule has 2 aromatic heterocycles. The van der Waals surface area contributed by atoms with E-state index in [4.69, 9.17) is 11.5 Å². The molecule has 12 heteroatoms. The summed E-state index contributed by atoms with van der Waals surface area (Å²) in [6.45, 7) is 0.0882. The highest BCUT2D eigenvalue weighted by atomic mass is 32.1. The topological polar surface area (TPSA) is 193 Å². The predicted octanol–water partition coefficient (Wildman–Crippen LogP) is 0.681. The zero-order valence-corrected chi connectivity index (χ0v) is 17.0. The third-order valence-corrected chi connectivity index (χ3v) is 5.15. The molecule has 3 aromatic rings. The Kier molecular flexibility index (Phi) is 6.62. The monoisotopic (exact) mass is 444 g/mol. The number of carboxylic acid groups (broad SMARTS) is 1. The second-order valence-corrected chi connectivity index (χ2v) is 7.44. The number of carbonyl (C=O) groups excluding carboxylic acids is 3. The standard InChI is InChI=1S/C19H20N6O5S/c20-5-1-2-10-11-6-9(3-4-12(11)23-15(10)18(29)30)16(27)25-19-24-13(8-31-19)17(28)22-7-14(21)26/h3-4,6,8,23H,1-2,5,7,20H2,(H2,21,26)(H,22,28)(H,29,30)(H,24,25,27). The van der Waals surface area contributed by atoms with Gasteiger partial charge in [-0.15, -0.1) is 11.3 Å². The summed E-state index contributed by atoms with van der Waals surface area (Å²) in [5.74, 6) is -2.83. The molecule has 0 aliphatic carbocycles. The lowest BCUT2D eigenvalue weighted by atomic mass is 10.0. The van der Waals surface area contributed by atoms with Crippen molar-refractivity contribution in [2.75, 3.05) is 18.4 Å². The van der Waals surface area contributed by atoms with Gasteiger partial charge in [-0.05, 0) is 43.1 Å². The average Bonchev–Trinajstić information content (AvgIpc) is 3.34. The van der Waals surface area contributed by atoms with E-state index in [2.05, 4.69) is 20.6 Å². The number of nitrogens with zero attached hydrogens (tertiary/aromatic N) is 1. The van der Waals surface area contributed by atoms with Crippen molar-refractivity contribution in [1.82, 2.24) is 15.3 Å². The van der Waals surface area contributed by atoms with Crippen LogP contribution in [0.1, 0.15) is 43.3 Å². The molecule has 0 unspecified atom stereocenters. The highest BCUT2D eigenvalue weighted by Gasteiger charge is 2.19. The lowest BCUT2D eigenvalue weighted by molar-refractivity contribution is -0.117. The number of aromatic nitrogens is 2. The molecule has 0 spiro atoms. The molecular weight excluding hydrogens is 424 g/mol. The number of H-pyrrole nitrogens is 1. The van der Waals surface area contributed by atoms with Crippen molar-refractivity contribution in [3.05, 3.63) is 46.1 Å². The number of aromatic amines is 1. The van der Waals surface area contributed by atoms with Crippen LogP contribution in [0.4, 0.5) is 5.13 Å². The number of rotatable bonds is 9. The Hall–Kier alpha value is -3.77. The van der Waals surface area contributed by atoms with Crippen LogP contribution in [0, 0.1) is 0 Å². The van der Waals surface area contributed by atoms with Gasteiger partial charge in [0.05, 0.1) is 6.54 Å². The highest BCUT2D eigenvalue weighted by molar-refractivity contribution is 7.14. The molecule has 162 valence electrons. The van der Waals surface area contributed by atoms with E-state index >= 15 is 0 Å². The number of anilines is 1. The van der Waals surface area contributed by atoms with Crippen LogP contribution in [-0.4, -0.2) is 51.9 Å². The molecule has 0 saturated heterocycles. The van der Waals surface area contributed by atoms with Crippen LogP contribution in [0.3, 0.4) is 0 Å². The van der Waals surface area contributed by atoms with Gasteiger partial charge >= 0.3 is 5.97 Å². The van der Waals surface area contributed by atoms with Crippen molar-refractivity contribution in [3.8, 4) is 0 Å². The first-order valence-corrected chi connectivity index (χ1v) is 10.1. The summed E-state index contributed by atoms with van der Waals surface area (Å²) >= 11 is 1.04. The molecule has 0 bridgehead atoms. The normalized spacial score (nSPS) is 10.7. The van der Waals surface area contributed by atoms with Crippen LogP contribution in [0.25, 0.3) is 10.9 Å². The quantitative estimate of drug-likeness (QED) is 0.279. The molecule has 0 aliphatic rings. The van der Waals surface area contributed by atoms with Crippen LogP contribution in [0.15, 0.2) is 23.6 Å². The Bertz CT molecular complexity index is 1170. The molecule has 2 heterocycles. The van der Waals surface area contributed by atoms with Crippen molar-refractivity contribution in [1.29, 1.82) is 0 Å². The lowest BCUT2D eigenvalue weighted by Gasteiger charge is -2.04. The van der Waals surface area contributed by atoms with E-state index in [9.17, 15) is 24.3 Å². The number of primary amides is 1. The Morgan fingerprint density at radius 1 is 1.19 bits per heavy atom. The molecule has 31 heavy (non-hydrogen) atoms. The Morgan fingerprint density at radius 3 is 2.65 bits per heavy atom. The van der Waals surface area contributed by atoms with E-state index in [0.29, 0.717) is 41.4 Å². The van der Waals surface area contributed by atoms with E-state index in [1.54, 1.807) is 18.2 Å². The number of fused-ring (bicyclic) bond motifs is 1. The van der Waals surface area contributed by atoms with Gasteiger partial charge in [-0.3, -0.25) is 19.7 Å². The van der Waals surface area contributed by atoms with Gasteiger partial charge in [0.1, 0.15) is 11.4 Å². The number of hydrogen-bond donors (Lipinski definition) is 6. The van der Waals surface area contributed by atoms with Gasteiger partial charge in [0.25, 0.3) is 11.8 Å². The molecule has 11 nitrogen and oxygen atoms in total. The predicted molar refractivity (Wildman–Crippen MR) is 114 cm³/mol. The minimum absolute atomic E-state index is 0.0396. The fourth-order valence-corrected chi connectivity index (χ4v) is 3.66. The molecule has 0 saturated carbocycles. The van der Waals surface area contributed by atoms with Gasteiger partial charge in [-0.25, -0.2) is 9.78 Å². The maximum absolute atomic E-state index is 12.7. The van der Waals surface area contributed by atoms with Gasteiger partial charge in [0.2, 0.25) is 5.91 Å². The molecule has 1 aromatic carbocycles. The van der Waals surface area contributed by atoms with Gasteiger partial charge < -0.3 is 26.9 Å². The van der Waals surface area contributed by atoms with Gasteiger partial charge in [0.15, 0.2) is 5.13 Å². The first-order valence-electron chi connectivity index (χ1n) is 9.21. The minimum Gasteiger partial charge on any atom is -0.477 e. The Morgan fingerprint density at radius 2 is 1.97 bits per heavy atom. The number of hydrogen-bond acceptors (Lipinski definition) is 7. The lowest BCUT2D eigenvalue weighted by Crippen LogP contribution is -2.33. The van der Waals surface area contributed by atoms with Gasteiger partial charge in [0, 0.05) is 21.8 Å². The number of aryl methyl sites for hydroxylation is 1. The molecule has 0 atom stereocenters. The largest absolute Gasteiger partial charge is 0.477 e. The number of amides is 3. The zero-order chi connectivity index (χ0) is 22.5. The summed E-state index contributed by atoms with van der Waals surface area (Å²) in [7, 11) is 0. The van der Waals surface area contributed by atoms with E-state index in [0.717, 1.165) is 11.3 Å². The van der Waals surface area contributed by atoms with Crippen molar-refractivity contribution < 1.29 is 24.3 Å². The van der Waals surface area contributed by atoms with Crippen molar-refractivity contribution in [2.45, 2.75) is 12.8 Å². The maximum atomic E-state index is 12.7. The molecule has 3 amide bonds. The third-order valence-electron chi connectivity index (χ3n) is 4.39. The Labute approximate surface area is 179 Å². The van der Waals surface area contributed by atoms with E-state index in [1.807, 2.05) is 0 Å². The van der Waals surface area contributed by atoms with Gasteiger partial charge in [-0.2, -0.15) is 0 Å². The van der Waals surface area contributed by atoms with Crippen molar-refractivity contribution in [2.24, 2.45) is 11.5 Å². The second kappa shape index (κ2) is 9.36. The summed E-state index contributed by atoms with van der Waals surface area (Å²) in [5.41, 5.74) is 12.1. The van der Waals surface area contributed by atoms with E-state index < -0.39 is 23.7 Å². The average molecular weight is 444 g/mol. The Balaban J connectivity index is 1.80. The van der Waals surface area contributed by atoms with E-state index in [-0.39, 0.29) is 23.1 Å². The van der Waals surface area contributed by atoms with Crippen molar-refractivity contribution in [3.63, 3.8) is 0 Å². The third kappa shape index (κ3) is 5.05. The van der Waals surface area contributed by atoms with Crippen LogP contribution in [0.5, 0.6) is 0 Å². The van der Waals surface area contributed by atoms with Gasteiger partial charge in [-0.1, -0.05) is 0 Å². The summed E-state index contributed by atoms with van der Waals surface area (Å²) in [6.07, 6.45) is 1.06. The van der Waals surface area contributed by atoms with Crippen LogP contribution in [0.2, 0.25) is 0 Å². The molecular formula is C19H20N6O5S. The number of aromatic carboxylic acids is 1. The SMILES string of the molecule is NCCCc1c(C(=O)O)[nH]c2ccc(C(=O)Nc3nc(C(=O)NCC(N)=O)cs3)cc12. The summed E-state index contributed by atoms with van der Waals surface area (Å²) in [5, 5.41) is 16.6. The molecule has 0 aliphatic heterocycles. The zero-order valence-electron chi connectivity index (χ0n) is 16.2. The van der Waals surface area contributed by atoms with Crippen LogP contribution < -0.4 is 22.1 Å². The molecule has 3 rings (SSSR count). The molecule has 8 N–H and O–H groups in total. The molecule has 0 radical (unpaired) electrons. The minimum atomic E-state index is -1.08. The summed E-state index contributed by atoms with van der Waals surface area (Å²) in [4.78, 5) is 53.8. The second-order valence-electron chi connectivity index (χ2n) is 6.58. The summed E-state index contributed by atoms with van der Waals surface area (Å²) < 4.78 is 0. The summed E-state index contributed by atoms with van der Waals surface area (Å²) in [6, 6.07) is 4.79. The van der Waals surface area contributed by atoms with Crippen molar-refractivity contribution >= 4 is 51.1 Å². The fraction of sp³-hybridized carbons (Fsp3) is 0.211.